The molecule has 0 radical (unpaired) electrons. The van der Waals surface area contributed by atoms with Gasteiger partial charge in [0.15, 0.2) is 0 Å². The number of hydrogen-bond donors (Lipinski definition) is 2. The van der Waals surface area contributed by atoms with Crippen LogP contribution in [0, 0.1) is 19.7 Å². The van der Waals surface area contributed by atoms with Crippen LogP contribution in [0.25, 0.3) is 0 Å². The van der Waals surface area contributed by atoms with Gasteiger partial charge in [-0.15, -0.1) is 0 Å². The van der Waals surface area contributed by atoms with Gasteiger partial charge in [-0.05, 0) is 49.2 Å². The van der Waals surface area contributed by atoms with Gasteiger partial charge in [-0.3, -0.25) is 4.72 Å². The molecular weight excluding hydrogens is 279 g/mol. The highest BCUT2D eigenvalue weighted by molar-refractivity contribution is 7.92. The predicted octanol–water partition coefficient (Wildman–Crippen LogP) is 2.83. The maximum Gasteiger partial charge on any atom is 0.264 e. The monoisotopic (exact) mass is 294 g/mol. The van der Waals surface area contributed by atoms with Gasteiger partial charge in [0, 0.05) is 0 Å². The van der Waals surface area contributed by atoms with E-state index in [1.54, 1.807) is 12.1 Å². The minimum atomic E-state index is -3.92. The van der Waals surface area contributed by atoms with Crippen LogP contribution in [-0.4, -0.2) is 8.42 Å². The number of sulfonamides is 1. The lowest BCUT2D eigenvalue weighted by Gasteiger charge is -2.13. The van der Waals surface area contributed by atoms with Gasteiger partial charge in [0.1, 0.15) is 10.7 Å². The molecular formula is C14H15FN2O2S. The highest BCUT2D eigenvalue weighted by atomic mass is 32.2. The largest absolute Gasteiger partial charge is 0.398 e. The third kappa shape index (κ3) is 2.75. The fourth-order valence-corrected chi connectivity index (χ4v) is 3.07. The zero-order valence-electron chi connectivity index (χ0n) is 11.1. The Kier molecular flexibility index (Phi) is 3.67. The van der Waals surface area contributed by atoms with Gasteiger partial charge in [0.2, 0.25) is 0 Å². The first-order valence-electron chi connectivity index (χ1n) is 5.95. The van der Waals surface area contributed by atoms with Crippen LogP contribution in [0.3, 0.4) is 0 Å². The van der Waals surface area contributed by atoms with E-state index in [1.165, 1.54) is 6.07 Å². The molecule has 0 saturated carbocycles. The number of rotatable bonds is 3. The second-order valence-electron chi connectivity index (χ2n) is 4.54. The summed E-state index contributed by atoms with van der Waals surface area (Å²) >= 11 is 0. The Hall–Kier alpha value is -2.08. The van der Waals surface area contributed by atoms with Gasteiger partial charge < -0.3 is 5.73 Å². The number of nitrogen functional groups attached to an aromatic ring is 1. The topological polar surface area (TPSA) is 72.2 Å². The van der Waals surface area contributed by atoms with E-state index in [2.05, 4.69) is 4.72 Å². The molecule has 0 amide bonds. The summed E-state index contributed by atoms with van der Waals surface area (Å²) in [5.41, 5.74) is 7.83. The molecule has 106 valence electrons. The lowest BCUT2D eigenvalue weighted by molar-refractivity contribution is 0.596. The van der Waals surface area contributed by atoms with Crippen molar-refractivity contribution in [2.45, 2.75) is 18.7 Å². The Labute approximate surface area is 117 Å². The molecule has 2 rings (SSSR count). The van der Waals surface area contributed by atoms with Crippen LogP contribution < -0.4 is 10.5 Å². The molecule has 4 nitrogen and oxygen atoms in total. The van der Waals surface area contributed by atoms with Crippen molar-refractivity contribution in [1.29, 1.82) is 0 Å². The number of benzene rings is 2. The first kappa shape index (κ1) is 14.3. The lowest BCUT2D eigenvalue weighted by Crippen LogP contribution is -2.16. The molecule has 0 fully saturated rings. The van der Waals surface area contributed by atoms with Crippen LogP contribution in [0.4, 0.5) is 15.8 Å². The van der Waals surface area contributed by atoms with Crippen molar-refractivity contribution in [1.82, 2.24) is 0 Å². The minimum absolute atomic E-state index is 0.00389. The van der Waals surface area contributed by atoms with E-state index in [1.807, 2.05) is 19.9 Å². The summed E-state index contributed by atoms with van der Waals surface area (Å²) in [5, 5.41) is 0. The van der Waals surface area contributed by atoms with Crippen molar-refractivity contribution in [2.24, 2.45) is 0 Å². The number of nitrogens with one attached hydrogen (secondary N) is 1. The molecule has 0 atom stereocenters. The maximum absolute atomic E-state index is 13.2. The average Bonchev–Trinajstić information content (AvgIpc) is 2.37. The summed E-state index contributed by atoms with van der Waals surface area (Å²) in [6.07, 6.45) is 0. The fourth-order valence-electron chi connectivity index (χ4n) is 1.80. The molecule has 20 heavy (non-hydrogen) atoms. The van der Waals surface area contributed by atoms with Crippen molar-refractivity contribution in [3.05, 3.63) is 53.3 Å². The Morgan fingerprint density at radius 3 is 2.55 bits per heavy atom. The smallest absolute Gasteiger partial charge is 0.264 e. The second kappa shape index (κ2) is 5.13. The third-order valence-corrected chi connectivity index (χ3v) is 4.54. The Balaban J connectivity index is 2.46. The molecule has 0 aliphatic rings. The van der Waals surface area contributed by atoms with Crippen LogP contribution in [0.2, 0.25) is 0 Å². The molecule has 6 heteroatoms. The standard InChI is InChI=1S/C14H15FN2O2S/c1-9-4-3-5-13(10(9)2)17-20(18,19)14-8-11(15)6-7-12(14)16/h3-8,17H,16H2,1-2H3. The van der Waals surface area contributed by atoms with Crippen molar-refractivity contribution in [2.75, 3.05) is 10.5 Å². The molecule has 0 spiro atoms. The van der Waals surface area contributed by atoms with Crippen molar-refractivity contribution in [3.63, 3.8) is 0 Å². The fraction of sp³-hybridized carbons (Fsp3) is 0.143. The zero-order chi connectivity index (χ0) is 14.9. The van der Waals surface area contributed by atoms with Gasteiger partial charge >= 0.3 is 0 Å². The molecule has 2 aromatic rings. The highest BCUT2D eigenvalue weighted by Gasteiger charge is 2.19. The minimum Gasteiger partial charge on any atom is -0.398 e. The van der Waals surface area contributed by atoms with Crippen molar-refractivity contribution < 1.29 is 12.8 Å². The zero-order valence-corrected chi connectivity index (χ0v) is 12.0. The summed E-state index contributed by atoms with van der Waals surface area (Å²) in [5.74, 6) is -0.652. The molecule has 0 heterocycles. The van der Waals surface area contributed by atoms with E-state index < -0.39 is 15.8 Å². The average molecular weight is 294 g/mol. The molecule has 0 aromatic heterocycles. The normalized spacial score (nSPS) is 11.3. The van der Waals surface area contributed by atoms with E-state index in [-0.39, 0.29) is 10.6 Å². The van der Waals surface area contributed by atoms with Gasteiger partial charge in [0.25, 0.3) is 10.0 Å². The Morgan fingerprint density at radius 2 is 1.85 bits per heavy atom. The highest BCUT2D eigenvalue weighted by Crippen LogP contribution is 2.25. The quantitative estimate of drug-likeness (QED) is 0.855. The Bertz CT molecular complexity index is 758. The first-order chi connectivity index (χ1) is 9.31. The third-order valence-electron chi connectivity index (χ3n) is 3.11. The Morgan fingerprint density at radius 1 is 1.15 bits per heavy atom. The van der Waals surface area contributed by atoms with Gasteiger partial charge in [-0.2, -0.15) is 0 Å². The van der Waals surface area contributed by atoms with Crippen molar-refractivity contribution in [3.8, 4) is 0 Å². The summed E-state index contributed by atoms with van der Waals surface area (Å²) in [7, 11) is -3.92. The summed E-state index contributed by atoms with van der Waals surface area (Å²) < 4.78 is 40.2. The second-order valence-corrected chi connectivity index (χ2v) is 6.19. The number of halogens is 1. The molecule has 2 aromatic carbocycles. The number of aryl methyl sites for hydroxylation is 1. The van der Waals surface area contributed by atoms with Crippen LogP contribution in [0.5, 0.6) is 0 Å². The van der Waals surface area contributed by atoms with Crippen LogP contribution in [0.1, 0.15) is 11.1 Å². The maximum atomic E-state index is 13.2. The number of nitrogens with two attached hydrogens (primary N) is 1. The van der Waals surface area contributed by atoms with Crippen molar-refractivity contribution >= 4 is 21.4 Å². The van der Waals surface area contributed by atoms with Crippen LogP contribution in [-0.2, 0) is 10.0 Å². The molecule has 0 aliphatic carbocycles. The lowest BCUT2D eigenvalue weighted by atomic mass is 10.1. The van der Waals surface area contributed by atoms with Gasteiger partial charge in [0.05, 0.1) is 11.4 Å². The van der Waals surface area contributed by atoms with E-state index in [0.29, 0.717) is 5.69 Å². The molecule has 3 N–H and O–H groups in total. The van der Waals surface area contributed by atoms with Gasteiger partial charge in [-0.1, -0.05) is 12.1 Å². The summed E-state index contributed by atoms with van der Waals surface area (Å²) in [4.78, 5) is -0.265. The van der Waals surface area contributed by atoms with E-state index in [4.69, 9.17) is 5.73 Å². The molecule has 0 aliphatic heterocycles. The predicted molar refractivity (Wildman–Crippen MR) is 77.5 cm³/mol. The number of anilines is 2. The summed E-state index contributed by atoms with van der Waals surface area (Å²) in [6, 6.07) is 8.52. The van der Waals surface area contributed by atoms with E-state index >= 15 is 0 Å². The van der Waals surface area contributed by atoms with E-state index in [0.717, 1.165) is 23.3 Å². The van der Waals surface area contributed by atoms with Crippen LogP contribution in [0.15, 0.2) is 41.3 Å². The van der Waals surface area contributed by atoms with Crippen LogP contribution >= 0.6 is 0 Å². The summed E-state index contributed by atoms with van der Waals surface area (Å²) in [6.45, 7) is 3.69. The first-order valence-corrected chi connectivity index (χ1v) is 7.43. The molecule has 0 saturated heterocycles. The molecule has 0 unspecified atom stereocenters. The molecule has 0 bridgehead atoms. The number of hydrogen-bond acceptors (Lipinski definition) is 3. The SMILES string of the molecule is Cc1cccc(NS(=O)(=O)c2cc(F)ccc2N)c1C. The van der Waals surface area contributed by atoms with Gasteiger partial charge in [-0.25, -0.2) is 12.8 Å². The van der Waals surface area contributed by atoms with E-state index in [9.17, 15) is 12.8 Å².